The number of hydrogen-bond donors (Lipinski definition) is 0. The number of amides is 1. The first-order valence-electron chi connectivity index (χ1n) is 5.43. The summed E-state index contributed by atoms with van der Waals surface area (Å²) < 4.78 is 5.75. The van der Waals surface area contributed by atoms with Gasteiger partial charge in [-0.2, -0.15) is 0 Å². The molecule has 3 nitrogen and oxygen atoms in total. The Morgan fingerprint density at radius 3 is 2.86 bits per heavy atom. The monoisotopic (exact) mass is 195 g/mol. The van der Waals surface area contributed by atoms with Crippen molar-refractivity contribution in [3.8, 4) is 0 Å². The first kappa shape index (κ1) is 9.56. The summed E-state index contributed by atoms with van der Waals surface area (Å²) in [6.07, 6.45) is 4.05. The van der Waals surface area contributed by atoms with Crippen LogP contribution in [-0.2, 0) is 9.53 Å². The summed E-state index contributed by atoms with van der Waals surface area (Å²) in [6, 6.07) is 0. The number of nitrogens with zero attached hydrogens (tertiary/aromatic N) is 1. The van der Waals surface area contributed by atoms with Crippen molar-refractivity contribution in [2.75, 3.05) is 6.54 Å². The molecule has 0 N–H and O–H groups in total. The highest BCUT2D eigenvalue weighted by atomic mass is 16.5. The van der Waals surface area contributed by atoms with Crippen LogP contribution in [0.4, 0.5) is 0 Å². The highest BCUT2D eigenvalue weighted by Gasteiger charge is 2.32. The second-order valence-corrected chi connectivity index (χ2v) is 3.92. The van der Waals surface area contributed by atoms with Gasteiger partial charge in [0.1, 0.15) is 5.76 Å². The number of likely N-dealkylation sites (N-methyl/N-ethyl adjacent to an activating group) is 1. The molecule has 1 aliphatic heterocycles. The molecule has 0 saturated carbocycles. The molecule has 1 aliphatic carbocycles. The third kappa shape index (κ3) is 1.41. The lowest BCUT2D eigenvalue weighted by atomic mass is 9.95. The Balaban J connectivity index is 2.28. The molecule has 0 aromatic carbocycles. The summed E-state index contributed by atoms with van der Waals surface area (Å²) >= 11 is 0. The van der Waals surface area contributed by atoms with E-state index in [1.807, 2.05) is 13.8 Å². The molecule has 0 spiro atoms. The highest BCUT2D eigenvalue weighted by molar-refractivity contribution is 5.94. The van der Waals surface area contributed by atoms with Gasteiger partial charge in [-0.3, -0.25) is 4.79 Å². The van der Waals surface area contributed by atoms with E-state index in [4.69, 9.17) is 4.74 Å². The van der Waals surface area contributed by atoms with Crippen molar-refractivity contribution in [3.05, 3.63) is 11.3 Å². The van der Waals surface area contributed by atoms with Crippen molar-refractivity contribution < 1.29 is 9.53 Å². The second kappa shape index (κ2) is 3.64. The van der Waals surface area contributed by atoms with Gasteiger partial charge in [0.2, 0.25) is 0 Å². The van der Waals surface area contributed by atoms with Gasteiger partial charge >= 0.3 is 0 Å². The van der Waals surface area contributed by atoms with Crippen LogP contribution in [0.15, 0.2) is 11.3 Å². The lowest BCUT2D eigenvalue weighted by molar-refractivity contribution is -0.142. The van der Waals surface area contributed by atoms with Crippen molar-refractivity contribution in [2.24, 2.45) is 0 Å². The Morgan fingerprint density at radius 1 is 1.43 bits per heavy atom. The second-order valence-electron chi connectivity index (χ2n) is 3.92. The quantitative estimate of drug-likeness (QED) is 0.640. The number of ether oxygens (including phenoxy) is 1. The zero-order chi connectivity index (χ0) is 10.1. The van der Waals surface area contributed by atoms with Gasteiger partial charge in [0.25, 0.3) is 5.91 Å². The molecular formula is C11H17NO2. The first-order chi connectivity index (χ1) is 6.74. The van der Waals surface area contributed by atoms with Gasteiger partial charge in [0.05, 0.1) is 5.57 Å². The van der Waals surface area contributed by atoms with Gasteiger partial charge in [-0.1, -0.05) is 0 Å². The molecule has 0 bridgehead atoms. The summed E-state index contributed by atoms with van der Waals surface area (Å²) in [5, 5.41) is 0. The van der Waals surface area contributed by atoms with E-state index in [1.165, 1.54) is 0 Å². The SMILES string of the molecule is CCN1C(=O)C2=C(CCCC2)OC1C. The molecular weight excluding hydrogens is 178 g/mol. The van der Waals surface area contributed by atoms with Crippen molar-refractivity contribution in [1.29, 1.82) is 0 Å². The number of carbonyl (C=O) groups is 1. The fourth-order valence-electron chi connectivity index (χ4n) is 2.24. The zero-order valence-corrected chi connectivity index (χ0v) is 8.88. The zero-order valence-electron chi connectivity index (χ0n) is 8.88. The Kier molecular flexibility index (Phi) is 2.48. The molecule has 2 aliphatic rings. The fraction of sp³-hybridized carbons (Fsp3) is 0.727. The van der Waals surface area contributed by atoms with E-state index in [1.54, 1.807) is 4.90 Å². The van der Waals surface area contributed by atoms with Gasteiger partial charge in [-0.05, 0) is 33.1 Å². The summed E-state index contributed by atoms with van der Waals surface area (Å²) in [4.78, 5) is 13.8. The van der Waals surface area contributed by atoms with Crippen LogP contribution in [0, 0.1) is 0 Å². The molecule has 14 heavy (non-hydrogen) atoms. The Morgan fingerprint density at radius 2 is 2.14 bits per heavy atom. The topological polar surface area (TPSA) is 29.5 Å². The molecule has 0 saturated heterocycles. The molecule has 2 rings (SSSR count). The van der Waals surface area contributed by atoms with E-state index >= 15 is 0 Å². The van der Waals surface area contributed by atoms with Crippen molar-refractivity contribution in [3.63, 3.8) is 0 Å². The normalized spacial score (nSPS) is 27.4. The van der Waals surface area contributed by atoms with Crippen LogP contribution < -0.4 is 0 Å². The minimum Gasteiger partial charge on any atom is -0.475 e. The van der Waals surface area contributed by atoms with Crippen LogP contribution in [0.2, 0.25) is 0 Å². The summed E-state index contributed by atoms with van der Waals surface area (Å²) in [6.45, 7) is 4.67. The average Bonchev–Trinajstić information content (AvgIpc) is 2.18. The predicted octanol–water partition coefficient (Wildman–Crippen LogP) is 2.04. The molecule has 0 aromatic rings. The Bertz CT molecular complexity index is 283. The molecule has 1 amide bonds. The van der Waals surface area contributed by atoms with E-state index in [0.717, 1.165) is 43.6 Å². The largest absolute Gasteiger partial charge is 0.475 e. The standard InChI is InChI=1S/C11H17NO2/c1-3-12-8(2)14-10-7-5-4-6-9(10)11(12)13/h8H,3-7H2,1-2H3. The molecule has 1 unspecified atom stereocenters. The molecule has 1 heterocycles. The minimum absolute atomic E-state index is 0.0793. The van der Waals surface area contributed by atoms with Gasteiger partial charge in [-0.15, -0.1) is 0 Å². The number of allylic oxidation sites excluding steroid dienone is 1. The van der Waals surface area contributed by atoms with Crippen LogP contribution in [0.25, 0.3) is 0 Å². The molecule has 1 atom stereocenters. The summed E-state index contributed by atoms with van der Waals surface area (Å²) in [7, 11) is 0. The maximum atomic E-state index is 12.0. The molecule has 78 valence electrons. The van der Waals surface area contributed by atoms with Gasteiger partial charge in [0, 0.05) is 13.0 Å². The van der Waals surface area contributed by atoms with Gasteiger partial charge in [-0.25, -0.2) is 0 Å². The van der Waals surface area contributed by atoms with Crippen molar-refractivity contribution >= 4 is 5.91 Å². The van der Waals surface area contributed by atoms with Crippen LogP contribution in [0.3, 0.4) is 0 Å². The molecule has 0 radical (unpaired) electrons. The van der Waals surface area contributed by atoms with E-state index in [9.17, 15) is 4.79 Å². The maximum Gasteiger partial charge on any atom is 0.255 e. The lowest BCUT2D eigenvalue weighted by Crippen LogP contribution is -2.45. The first-order valence-corrected chi connectivity index (χ1v) is 5.43. The van der Waals surface area contributed by atoms with Gasteiger partial charge < -0.3 is 9.64 Å². The van der Waals surface area contributed by atoms with E-state index in [-0.39, 0.29) is 12.1 Å². The third-order valence-electron chi connectivity index (χ3n) is 3.03. The minimum atomic E-state index is -0.0793. The predicted molar refractivity (Wildman–Crippen MR) is 53.4 cm³/mol. The highest BCUT2D eigenvalue weighted by Crippen LogP contribution is 2.32. The Labute approximate surface area is 84.7 Å². The molecule has 0 fully saturated rings. The van der Waals surface area contributed by atoms with Crippen LogP contribution in [0.1, 0.15) is 39.5 Å². The van der Waals surface area contributed by atoms with Crippen molar-refractivity contribution in [1.82, 2.24) is 4.90 Å². The van der Waals surface area contributed by atoms with E-state index in [2.05, 4.69) is 0 Å². The smallest absolute Gasteiger partial charge is 0.255 e. The third-order valence-corrected chi connectivity index (χ3v) is 3.03. The van der Waals surface area contributed by atoms with Crippen molar-refractivity contribution in [2.45, 2.75) is 45.8 Å². The lowest BCUT2D eigenvalue weighted by Gasteiger charge is -2.37. The Hall–Kier alpha value is -0.990. The van der Waals surface area contributed by atoms with E-state index < -0.39 is 0 Å². The maximum absolute atomic E-state index is 12.0. The van der Waals surface area contributed by atoms with Gasteiger partial charge in [0.15, 0.2) is 6.23 Å². The molecule has 0 aromatic heterocycles. The number of rotatable bonds is 1. The fourth-order valence-corrected chi connectivity index (χ4v) is 2.24. The van der Waals surface area contributed by atoms with Crippen LogP contribution in [0.5, 0.6) is 0 Å². The van der Waals surface area contributed by atoms with Crippen LogP contribution >= 0.6 is 0 Å². The summed E-state index contributed by atoms with van der Waals surface area (Å²) in [5.74, 6) is 1.15. The molecule has 3 heteroatoms. The van der Waals surface area contributed by atoms with E-state index in [0.29, 0.717) is 0 Å². The average molecular weight is 195 g/mol. The number of hydrogen-bond acceptors (Lipinski definition) is 2. The van der Waals surface area contributed by atoms with Crippen LogP contribution in [-0.4, -0.2) is 23.6 Å². The number of carbonyl (C=O) groups excluding carboxylic acids is 1. The summed E-state index contributed by atoms with van der Waals surface area (Å²) in [5.41, 5.74) is 0.927.